The Morgan fingerprint density at radius 3 is 1.97 bits per heavy atom. The molecule has 1 aliphatic heterocycles. The zero-order valence-corrected chi connectivity index (χ0v) is 18.6. The van der Waals surface area contributed by atoms with Crippen molar-refractivity contribution in [1.82, 2.24) is 0 Å². The molecule has 3 nitrogen and oxygen atoms in total. The lowest BCUT2D eigenvalue weighted by atomic mass is 9.94. The summed E-state index contributed by atoms with van der Waals surface area (Å²) in [4.78, 5) is 13.4. The average Bonchev–Trinajstić information content (AvgIpc) is 3.00. The van der Waals surface area contributed by atoms with Crippen LogP contribution in [0.2, 0.25) is 15.1 Å². The molecule has 0 radical (unpaired) electrons. The second-order valence-electron chi connectivity index (χ2n) is 7.31. The number of nitrogens with zero attached hydrogens (tertiary/aromatic N) is 2. The molecule has 0 N–H and O–H groups in total. The Labute approximate surface area is 194 Å². The summed E-state index contributed by atoms with van der Waals surface area (Å²) < 4.78 is 0. The highest BCUT2D eigenvalue weighted by Crippen LogP contribution is 2.40. The molecule has 0 bridgehead atoms. The minimum absolute atomic E-state index is 0.263. The third kappa shape index (κ3) is 3.39. The lowest BCUT2D eigenvalue weighted by Crippen LogP contribution is -2.22. The summed E-state index contributed by atoms with van der Waals surface area (Å²) in [6.45, 7) is 1.80. The Hall–Kier alpha value is -2.85. The van der Waals surface area contributed by atoms with Crippen molar-refractivity contribution in [1.29, 1.82) is 0 Å². The van der Waals surface area contributed by atoms with Gasteiger partial charge in [0.25, 0.3) is 5.91 Å². The maximum atomic E-state index is 13.4. The first kappa shape index (κ1) is 20.1. The molecule has 0 atom stereocenters. The highest BCUT2D eigenvalue weighted by Gasteiger charge is 2.32. The van der Waals surface area contributed by atoms with Gasteiger partial charge in [-0.15, -0.1) is 0 Å². The van der Waals surface area contributed by atoms with Crippen molar-refractivity contribution in [3.63, 3.8) is 0 Å². The van der Waals surface area contributed by atoms with Crippen LogP contribution in [0.3, 0.4) is 0 Å². The lowest BCUT2D eigenvalue weighted by molar-refractivity contribution is -0.114. The van der Waals surface area contributed by atoms with Crippen LogP contribution < -0.4 is 5.01 Å². The van der Waals surface area contributed by atoms with E-state index in [4.69, 9.17) is 34.8 Å². The van der Waals surface area contributed by atoms with E-state index < -0.39 is 0 Å². The van der Waals surface area contributed by atoms with Crippen molar-refractivity contribution < 1.29 is 4.79 Å². The topological polar surface area (TPSA) is 32.7 Å². The molecule has 1 heterocycles. The molecule has 0 saturated heterocycles. The number of carbonyl (C=O) groups is 1. The Bertz CT molecular complexity index is 1380. The molecule has 5 rings (SSSR count). The van der Waals surface area contributed by atoms with Crippen LogP contribution in [0.4, 0.5) is 5.69 Å². The van der Waals surface area contributed by atoms with Crippen LogP contribution in [-0.4, -0.2) is 11.6 Å². The summed E-state index contributed by atoms with van der Waals surface area (Å²) >= 11 is 18.7. The molecular weight excluding hydrogens is 451 g/mol. The third-order valence-corrected chi connectivity index (χ3v) is 6.15. The third-order valence-electron chi connectivity index (χ3n) is 5.36. The molecule has 152 valence electrons. The first-order valence-electron chi connectivity index (χ1n) is 9.61. The molecule has 0 aromatic heterocycles. The van der Waals surface area contributed by atoms with Crippen LogP contribution in [0.25, 0.3) is 27.6 Å². The number of benzene rings is 4. The monoisotopic (exact) mass is 464 g/mol. The fourth-order valence-electron chi connectivity index (χ4n) is 3.92. The molecule has 4 aromatic carbocycles. The van der Waals surface area contributed by atoms with E-state index in [-0.39, 0.29) is 16.0 Å². The van der Waals surface area contributed by atoms with E-state index in [1.54, 1.807) is 19.1 Å². The SMILES string of the molecule is CC1=NN(c2c(Cl)cc(Cl)cc2Cl)C(=O)/C1=C\c1c2ccccc2cc2ccccc12. The fourth-order valence-corrected chi connectivity index (χ4v) is 4.90. The highest BCUT2D eigenvalue weighted by atomic mass is 35.5. The summed E-state index contributed by atoms with van der Waals surface area (Å²) in [6, 6.07) is 21.5. The molecule has 31 heavy (non-hydrogen) atoms. The molecule has 1 aliphatic rings. The Balaban J connectivity index is 1.70. The molecule has 1 amide bonds. The number of hydrogen-bond acceptors (Lipinski definition) is 2. The van der Waals surface area contributed by atoms with E-state index in [9.17, 15) is 4.79 Å². The van der Waals surface area contributed by atoms with E-state index in [1.807, 2.05) is 30.3 Å². The normalized spacial score (nSPS) is 15.4. The Morgan fingerprint density at radius 1 is 0.839 bits per heavy atom. The number of amides is 1. The standard InChI is InChI=1S/C25H15Cl3N2O/c1-14-20(25(31)30(29-14)24-22(27)11-17(26)12-23(24)28)13-21-18-8-4-2-6-15(18)10-16-7-3-5-9-19(16)21/h2-13H,1H3/b20-13-. The minimum atomic E-state index is -0.291. The Morgan fingerprint density at radius 2 is 1.39 bits per heavy atom. The first-order chi connectivity index (χ1) is 14.9. The summed E-state index contributed by atoms with van der Waals surface area (Å²) in [7, 11) is 0. The zero-order chi connectivity index (χ0) is 21.7. The van der Waals surface area contributed by atoms with E-state index in [0.29, 0.717) is 22.0 Å². The van der Waals surface area contributed by atoms with Gasteiger partial charge in [-0.1, -0.05) is 83.3 Å². The van der Waals surface area contributed by atoms with Gasteiger partial charge >= 0.3 is 0 Å². The van der Waals surface area contributed by atoms with Gasteiger partial charge in [0, 0.05) is 5.02 Å². The van der Waals surface area contributed by atoms with Crippen molar-refractivity contribution in [2.75, 3.05) is 5.01 Å². The quantitative estimate of drug-likeness (QED) is 0.220. The number of fused-ring (bicyclic) bond motifs is 2. The first-order valence-corrected chi connectivity index (χ1v) is 10.7. The van der Waals surface area contributed by atoms with Crippen LogP contribution in [0, 0.1) is 0 Å². The van der Waals surface area contributed by atoms with Crippen molar-refractivity contribution in [2.24, 2.45) is 5.10 Å². The summed E-state index contributed by atoms with van der Waals surface area (Å²) in [5.74, 6) is -0.291. The Kier molecular flexibility index (Phi) is 4.98. The average molecular weight is 466 g/mol. The second kappa shape index (κ2) is 7.69. The van der Waals surface area contributed by atoms with Crippen LogP contribution in [0.15, 0.2) is 77.4 Å². The van der Waals surface area contributed by atoms with Crippen molar-refractivity contribution >= 4 is 79.7 Å². The van der Waals surface area contributed by atoms with E-state index in [0.717, 1.165) is 27.1 Å². The number of anilines is 1. The summed E-state index contributed by atoms with van der Waals surface area (Å²) in [5, 5.41) is 11.0. The number of rotatable bonds is 2. The number of hydrogen-bond donors (Lipinski definition) is 0. The maximum absolute atomic E-state index is 13.4. The number of carbonyl (C=O) groups excluding carboxylic acids is 1. The van der Waals surface area contributed by atoms with Crippen molar-refractivity contribution in [2.45, 2.75) is 6.92 Å². The maximum Gasteiger partial charge on any atom is 0.280 e. The van der Waals surface area contributed by atoms with Crippen LogP contribution in [0.5, 0.6) is 0 Å². The predicted molar refractivity (Wildman–Crippen MR) is 131 cm³/mol. The molecule has 0 fully saturated rings. The minimum Gasteiger partial charge on any atom is -0.267 e. The second-order valence-corrected chi connectivity index (χ2v) is 8.56. The predicted octanol–water partition coefficient (Wildman–Crippen LogP) is 7.76. The van der Waals surface area contributed by atoms with Crippen LogP contribution in [0.1, 0.15) is 12.5 Å². The molecule has 0 unspecified atom stereocenters. The van der Waals surface area contributed by atoms with Crippen molar-refractivity contribution in [3.8, 4) is 0 Å². The van der Waals surface area contributed by atoms with Gasteiger partial charge in [0.05, 0.1) is 21.3 Å². The van der Waals surface area contributed by atoms with Crippen LogP contribution >= 0.6 is 34.8 Å². The van der Waals surface area contributed by atoms with Gasteiger partial charge in [0.2, 0.25) is 0 Å². The van der Waals surface area contributed by atoms with Gasteiger partial charge in [-0.05, 0) is 58.3 Å². The van der Waals surface area contributed by atoms with E-state index >= 15 is 0 Å². The molecule has 4 aromatic rings. The van der Waals surface area contributed by atoms with Gasteiger partial charge in [0.15, 0.2) is 0 Å². The van der Waals surface area contributed by atoms with Gasteiger partial charge < -0.3 is 0 Å². The van der Waals surface area contributed by atoms with E-state index in [1.165, 1.54) is 5.01 Å². The molecular formula is C25H15Cl3N2O. The number of halogens is 3. The lowest BCUT2D eigenvalue weighted by Gasteiger charge is -2.15. The molecule has 0 spiro atoms. The van der Waals surface area contributed by atoms with E-state index in [2.05, 4.69) is 35.4 Å². The smallest absolute Gasteiger partial charge is 0.267 e. The summed E-state index contributed by atoms with van der Waals surface area (Å²) in [5.41, 5.74) is 2.37. The zero-order valence-electron chi connectivity index (χ0n) is 16.4. The number of hydrazone groups is 1. The molecule has 0 saturated carbocycles. The van der Waals surface area contributed by atoms with Crippen molar-refractivity contribution in [3.05, 3.63) is 92.9 Å². The van der Waals surface area contributed by atoms with Gasteiger partial charge in [0.1, 0.15) is 5.69 Å². The van der Waals surface area contributed by atoms with Crippen LogP contribution in [-0.2, 0) is 4.79 Å². The van der Waals surface area contributed by atoms with Gasteiger partial charge in [-0.3, -0.25) is 4.79 Å². The fraction of sp³-hybridized carbons (Fsp3) is 0.0400. The van der Waals surface area contributed by atoms with Gasteiger partial charge in [-0.25, -0.2) is 0 Å². The molecule has 0 aliphatic carbocycles. The highest BCUT2D eigenvalue weighted by molar-refractivity contribution is 6.44. The largest absolute Gasteiger partial charge is 0.280 e. The van der Waals surface area contributed by atoms with Gasteiger partial charge in [-0.2, -0.15) is 10.1 Å². The molecule has 6 heteroatoms. The summed E-state index contributed by atoms with van der Waals surface area (Å²) in [6.07, 6.45) is 1.91.